The van der Waals surface area contributed by atoms with Crippen LogP contribution in [-0.4, -0.2) is 22.3 Å². The van der Waals surface area contributed by atoms with Gasteiger partial charge in [-0.3, -0.25) is 10.1 Å². The van der Waals surface area contributed by atoms with Crippen LogP contribution in [-0.2, 0) is 10.0 Å². The molecule has 7 nitrogen and oxygen atoms in total. The molecule has 0 N–H and O–H groups in total. The fourth-order valence-electron chi connectivity index (χ4n) is 2.52. The Labute approximate surface area is 138 Å². The summed E-state index contributed by atoms with van der Waals surface area (Å²) in [7, 11) is -3.99. The molecule has 0 radical (unpaired) electrons. The van der Waals surface area contributed by atoms with E-state index in [0.717, 1.165) is 21.2 Å². The van der Waals surface area contributed by atoms with Gasteiger partial charge in [-0.15, -0.1) is 0 Å². The zero-order chi connectivity index (χ0) is 17.6. The number of nitro groups is 1. The molecule has 3 rings (SSSR count). The number of aryl methyl sites for hydroxylation is 3. The van der Waals surface area contributed by atoms with Crippen molar-refractivity contribution in [1.29, 1.82) is 0 Å². The van der Waals surface area contributed by atoms with E-state index in [2.05, 4.69) is 4.98 Å². The third-order valence-corrected chi connectivity index (χ3v) is 5.85. The summed E-state index contributed by atoms with van der Waals surface area (Å²) in [6.45, 7) is 5.41. The van der Waals surface area contributed by atoms with E-state index < -0.39 is 14.9 Å². The van der Waals surface area contributed by atoms with Crippen LogP contribution in [0.4, 0.5) is 5.69 Å². The second-order valence-electron chi connectivity index (χ2n) is 5.68. The molecule has 0 atom stereocenters. The lowest BCUT2D eigenvalue weighted by molar-refractivity contribution is -0.385. The number of rotatable bonds is 3. The summed E-state index contributed by atoms with van der Waals surface area (Å²) < 4.78 is 27.1. The van der Waals surface area contributed by atoms with Gasteiger partial charge in [0.2, 0.25) is 0 Å². The minimum absolute atomic E-state index is 0.103. The number of nitrogens with zero attached hydrogens (tertiary/aromatic N) is 3. The van der Waals surface area contributed by atoms with Crippen LogP contribution in [0, 0.1) is 30.9 Å². The third kappa shape index (κ3) is 2.44. The number of non-ortho nitro benzene ring substituents is 1. The molecule has 0 amide bonds. The lowest BCUT2D eigenvalue weighted by atomic mass is 10.1. The van der Waals surface area contributed by atoms with E-state index in [-0.39, 0.29) is 10.6 Å². The molecule has 24 heavy (non-hydrogen) atoms. The fourth-order valence-corrected chi connectivity index (χ4v) is 4.05. The van der Waals surface area contributed by atoms with Gasteiger partial charge < -0.3 is 0 Å². The standard InChI is InChI=1S/C16H15N3O4S/c1-10-4-5-13(19(20)21)8-16(10)24(22,23)18-9-17-14-6-11(2)12(3)7-15(14)18/h4-9H,1-3H3. The van der Waals surface area contributed by atoms with Gasteiger partial charge in [-0.25, -0.2) is 17.4 Å². The quantitative estimate of drug-likeness (QED) is 0.537. The average Bonchev–Trinajstić information content (AvgIpc) is 2.91. The number of nitro benzene ring substituents is 1. The van der Waals surface area contributed by atoms with Gasteiger partial charge in [0.25, 0.3) is 15.7 Å². The summed E-state index contributed by atoms with van der Waals surface area (Å²) in [6.07, 6.45) is 1.23. The number of hydrogen-bond donors (Lipinski definition) is 0. The van der Waals surface area contributed by atoms with Gasteiger partial charge in [0.05, 0.1) is 20.9 Å². The molecule has 0 saturated heterocycles. The van der Waals surface area contributed by atoms with Crippen LogP contribution >= 0.6 is 0 Å². The molecule has 1 heterocycles. The molecule has 0 aliphatic carbocycles. The number of aromatic nitrogens is 2. The monoisotopic (exact) mass is 345 g/mol. The largest absolute Gasteiger partial charge is 0.270 e. The van der Waals surface area contributed by atoms with Crippen LogP contribution in [0.2, 0.25) is 0 Å². The Balaban J connectivity index is 2.28. The van der Waals surface area contributed by atoms with Gasteiger partial charge in [-0.1, -0.05) is 6.07 Å². The molecule has 0 fully saturated rings. The van der Waals surface area contributed by atoms with Crippen molar-refractivity contribution in [2.45, 2.75) is 25.7 Å². The third-order valence-electron chi connectivity index (χ3n) is 4.05. The van der Waals surface area contributed by atoms with Crippen molar-refractivity contribution in [2.75, 3.05) is 0 Å². The van der Waals surface area contributed by atoms with Crippen molar-refractivity contribution in [3.63, 3.8) is 0 Å². The molecule has 3 aromatic rings. The molecular formula is C16H15N3O4S. The van der Waals surface area contributed by atoms with Gasteiger partial charge in [0, 0.05) is 12.1 Å². The summed E-state index contributed by atoms with van der Waals surface area (Å²) in [5.41, 5.74) is 3.13. The Kier molecular flexibility index (Phi) is 3.64. The van der Waals surface area contributed by atoms with Crippen LogP contribution in [0.25, 0.3) is 11.0 Å². The van der Waals surface area contributed by atoms with Gasteiger partial charge >= 0.3 is 0 Å². The lowest BCUT2D eigenvalue weighted by Gasteiger charge is -2.10. The Hall–Kier alpha value is -2.74. The minimum atomic E-state index is -3.99. The van der Waals surface area contributed by atoms with Crippen LogP contribution in [0.15, 0.2) is 41.6 Å². The second kappa shape index (κ2) is 5.41. The first-order valence-corrected chi connectivity index (χ1v) is 8.61. The van der Waals surface area contributed by atoms with Crippen LogP contribution < -0.4 is 0 Å². The first-order chi connectivity index (χ1) is 11.2. The predicted molar refractivity (Wildman–Crippen MR) is 89.6 cm³/mol. The summed E-state index contributed by atoms with van der Waals surface area (Å²) >= 11 is 0. The molecule has 1 aromatic heterocycles. The zero-order valence-corrected chi connectivity index (χ0v) is 14.2. The summed E-state index contributed by atoms with van der Waals surface area (Å²) in [6, 6.07) is 7.36. The van der Waals surface area contributed by atoms with Crippen molar-refractivity contribution < 1.29 is 13.3 Å². The Morgan fingerprint density at radius 1 is 1.04 bits per heavy atom. The van der Waals surface area contributed by atoms with Crippen LogP contribution in [0.5, 0.6) is 0 Å². The molecule has 0 spiro atoms. The van der Waals surface area contributed by atoms with E-state index in [1.165, 1.54) is 18.5 Å². The SMILES string of the molecule is Cc1cc2ncn(S(=O)(=O)c3cc([N+](=O)[O-])ccc3C)c2cc1C. The highest BCUT2D eigenvalue weighted by atomic mass is 32.2. The van der Waals surface area contributed by atoms with Crippen molar-refractivity contribution in [3.8, 4) is 0 Å². The topological polar surface area (TPSA) is 95.1 Å². The lowest BCUT2D eigenvalue weighted by Crippen LogP contribution is -2.13. The predicted octanol–water partition coefficient (Wildman–Crippen LogP) is 3.11. The van der Waals surface area contributed by atoms with Gasteiger partial charge in [-0.2, -0.15) is 0 Å². The van der Waals surface area contributed by atoms with E-state index in [0.29, 0.717) is 16.6 Å². The maximum absolute atomic E-state index is 13.0. The smallest absolute Gasteiger partial charge is 0.258 e. The van der Waals surface area contributed by atoms with Crippen molar-refractivity contribution in [3.05, 3.63) is 63.5 Å². The number of imidazole rings is 1. The van der Waals surface area contributed by atoms with Crippen molar-refractivity contribution >= 4 is 26.7 Å². The number of hydrogen-bond acceptors (Lipinski definition) is 5. The maximum atomic E-state index is 13.0. The van der Waals surface area contributed by atoms with E-state index in [4.69, 9.17) is 0 Å². The molecule has 8 heteroatoms. The normalized spacial score (nSPS) is 11.8. The van der Waals surface area contributed by atoms with Gasteiger partial charge in [-0.05, 0) is 49.6 Å². The van der Waals surface area contributed by atoms with E-state index in [1.807, 2.05) is 19.9 Å². The summed E-state index contributed by atoms with van der Waals surface area (Å²) in [5.74, 6) is 0. The first-order valence-electron chi connectivity index (χ1n) is 7.17. The summed E-state index contributed by atoms with van der Waals surface area (Å²) in [5, 5.41) is 11.0. The molecule has 2 aromatic carbocycles. The highest BCUT2D eigenvalue weighted by molar-refractivity contribution is 7.90. The van der Waals surface area contributed by atoms with Crippen LogP contribution in [0.1, 0.15) is 16.7 Å². The molecule has 124 valence electrons. The molecule has 0 bridgehead atoms. The Morgan fingerprint density at radius 3 is 2.38 bits per heavy atom. The van der Waals surface area contributed by atoms with Crippen molar-refractivity contribution in [1.82, 2.24) is 8.96 Å². The minimum Gasteiger partial charge on any atom is -0.258 e. The molecule has 0 unspecified atom stereocenters. The zero-order valence-electron chi connectivity index (χ0n) is 13.3. The van der Waals surface area contributed by atoms with E-state index >= 15 is 0 Å². The Bertz CT molecular complexity index is 1080. The van der Waals surface area contributed by atoms with E-state index in [9.17, 15) is 18.5 Å². The van der Waals surface area contributed by atoms with Gasteiger partial charge in [0.15, 0.2) is 0 Å². The number of fused-ring (bicyclic) bond motifs is 1. The van der Waals surface area contributed by atoms with Gasteiger partial charge in [0.1, 0.15) is 6.33 Å². The molecule has 0 saturated carbocycles. The number of benzene rings is 2. The highest BCUT2D eigenvalue weighted by Gasteiger charge is 2.24. The molecule has 0 aliphatic heterocycles. The first kappa shape index (κ1) is 16.1. The maximum Gasteiger partial charge on any atom is 0.270 e. The second-order valence-corrected chi connectivity index (χ2v) is 7.46. The average molecular weight is 345 g/mol. The van der Waals surface area contributed by atoms with E-state index in [1.54, 1.807) is 13.0 Å². The summed E-state index contributed by atoms with van der Waals surface area (Å²) in [4.78, 5) is 14.4. The highest BCUT2D eigenvalue weighted by Crippen LogP contribution is 2.27. The fraction of sp³-hybridized carbons (Fsp3) is 0.188. The van der Waals surface area contributed by atoms with Crippen LogP contribution in [0.3, 0.4) is 0 Å². The van der Waals surface area contributed by atoms with Crippen molar-refractivity contribution in [2.24, 2.45) is 0 Å². The molecule has 0 aliphatic rings. The molecular weight excluding hydrogens is 330 g/mol. The Morgan fingerprint density at radius 2 is 1.71 bits per heavy atom.